The Labute approximate surface area is 207 Å². The van der Waals surface area contributed by atoms with Crippen LogP contribution >= 0.6 is 0 Å². The molecule has 1 amide bonds. The van der Waals surface area contributed by atoms with Crippen LogP contribution in [-0.4, -0.2) is 36.8 Å². The van der Waals surface area contributed by atoms with Crippen LogP contribution in [0.25, 0.3) is 11.1 Å². The van der Waals surface area contributed by atoms with Crippen molar-refractivity contribution < 1.29 is 26.9 Å². The first kappa shape index (κ1) is 24.4. The van der Waals surface area contributed by atoms with Crippen molar-refractivity contribution in [3.05, 3.63) is 66.3 Å². The molecule has 0 radical (unpaired) electrons. The Hall–Kier alpha value is -4.29. The van der Waals surface area contributed by atoms with E-state index in [2.05, 4.69) is 30.7 Å². The molecule has 0 aliphatic heterocycles. The van der Waals surface area contributed by atoms with Gasteiger partial charge in [-0.15, -0.1) is 0 Å². The average molecular weight is 515 g/mol. The maximum absolute atomic E-state index is 14.7. The average Bonchev–Trinajstić information content (AvgIpc) is 3.36. The van der Waals surface area contributed by atoms with Gasteiger partial charge < -0.3 is 19.7 Å². The summed E-state index contributed by atoms with van der Waals surface area (Å²) in [6.45, 7) is 2.77. The van der Waals surface area contributed by atoms with E-state index in [1.807, 2.05) is 17.7 Å². The molecule has 192 valence electrons. The predicted molar refractivity (Wildman–Crippen MR) is 124 cm³/mol. The quantitative estimate of drug-likeness (QED) is 0.318. The number of aryl methyl sites for hydroxylation is 1. The van der Waals surface area contributed by atoms with Gasteiger partial charge in [0, 0.05) is 36.8 Å². The van der Waals surface area contributed by atoms with E-state index in [0.717, 1.165) is 12.6 Å². The molecule has 9 nitrogen and oxygen atoms in total. The number of carbonyl (C=O) groups is 1. The van der Waals surface area contributed by atoms with Gasteiger partial charge in [0.15, 0.2) is 17.4 Å². The molecule has 37 heavy (non-hydrogen) atoms. The van der Waals surface area contributed by atoms with Crippen LogP contribution in [0.5, 0.6) is 0 Å². The molecule has 0 bridgehead atoms. The summed E-state index contributed by atoms with van der Waals surface area (Å²) < 4.78 is 61.1. The molecule has 3 heterocycles. The van der Waals surface area contributed by atoms with Gasteiger partial charge in [0.05, 0.1) is 12.7 Å². The van der Waals surface area contributed by atoms with E-state index in [0.29, 0.717) is 22.9 Å². The first-order valence-electron chi connectivity index (χ1n) is 11.4. The van der Waals surface area contributed by atoms with Gasteiger partial charge in [-0.2, -0.15) is 13.2 Å². The number of halogens is 4. The molecule has 0 spiro atoms. The van der Waals surface area contributed by atoms with Crippen LogP contribution in [-0.2, 0) is 23.2 Å². The molecule has 1 aliphatic carbocycles. The van der Waals surface area contributed by atoms with Crippen molar-refractivity contribution in [1.82, 2.24) is 24.7 Å². The molecular weight excluding hydrogens is 494 g/mol. The number of anilines is 3. The second-order valence-electron chi connectivity index (χ2n) is 8.70. The largest absolute Gasteiger partial charge is 0.401 e. The van der Waals surface area contributed by atoms with Crippen LogP contribution in [0.1, 0.15) is 31.1 Å². The van der Waals surface area contributed by atoms with Crippen molar-refractivity contribution >= 4 is 23.5 Å². The summed E-state index contributed by atoms with van der Waals surface area (Å²) in [4.78, 5) is 25.0. The number of rotatable bonds is 8. The van der Waals surface area contributed by atoms with Crippen LogP contribution in [0.15, 0.2) is 53.7 Å². The lowest BCUT2D eigenvalue weighted by atomic mass is 10.0. The summed E-state index contributed by atoms with van der Waals surface area (Å²) in [5.41, 5.74) is -0.870. The van der Waals surface area contributed by atoms with Crippen molar-refractivity contribution in [3.8, 4) is 11.1 Å². The Morgan fingerprint density at radius 3 is 2.49 bits per heavy atom. The van der Waals surface area contributed by atoms with Crippen LogP contribution < -0.4 is 10.6 Å². The Kier molecular flexibility index (Phi) is 6.13. The molecule has 13 heteroatoms. The summed E-state index contributed by atoms with van der Waals surface area (Å²) in [5, 5.41) is 8.84. The molecular formula is C24H21F4N7O2. The van der Waals surface area contributed by atoms with E-state index in [9.17, 15) is 22.4 Å². The van der Waals surface area contributed by atoms with Gasteiger partial charge in [-0.25, -0.2) is 19.3 Å². The highest BCUT2D eigenvalue weighted by atomic mass is 19.4. The zero-order valence-corrected chi connectivity index (χ0v) is 19.5. The number of carbonyl (C=O) groups excluding carboxylic acids is 1. The number of aromatic nitrogens is 5. The number of alkyl halides is 3. The summed E-state index contributed by atoms with van der Waals surface area (Å²) in [5.74, 6) is -0.845. The molecule has 1 fully saturated rings. The van der Waals surface area contributed by atoms with Crippen molar-refractivity contribution in [3.63, 3.8) is 0 Å². The summed E-state index contributed by atoms with van der Waals surface area (Å²) in [6.07, 6.45) is 1.57. The predicted octanol–water partition coefficient (Wildman–Crippen LogP) is 5.01. The maximum Gasteiger partial charge on any atom is 0.401 e. The third-order valence-electron chi connectivity index (χ3n) is 6.17. The lowest BCUT2D eigenvalue weighted by molar-refractivity contribution is -0.165. The Balaban J connectivity index is 1.21. The molecule has 0 saturated heterocycles. The first-order chi connectivity index (χ1) is 17.7. The molecule has 1 aromatic carbocycles. The topological polar surface area (TPSA) is 111 Å². The Bertz CT molecular complexity index is 1430. The van der Waals surface area contributed by atoms with E-state index in [1.54, 1.807) is 12.4 Å². The third-order valence-corrected chi connectivity index (χ3v) is 6.17. The third kappa shape index (κ3) is 5.01. The van der Waals surface area contributed by atoms with Gasteiger partial charge in [0.25, 0.3) is 0 Å². The Morgan fingerprint density at radius 2 is 1.86 bits per heavy atom. The molecule has 1 aliphatic rings. The van der Waals surface area contributed by atoms with Crippen LogP contribution in [0.3, 0.4) is 0 Å². The van der Waals surface area contributed by atoms with E-state index in [-0.39, 0.29) is 36.4 Å². The van der Waals surface area contributed by atoms with E-state index in [1.165, 1.54) is 24.5 Å². The lowest BCUT2D eigenvalue weighted by Gasteiger charge is -2.14. The fraction of sp³-hybridized carbons (Fsp3) is 0.292. The zero-order chi connectivity index (χ0) is 26.2. The molecule has 5 rings (SSSR count). The zero-order valence-electron chi connectivity index (χ0n) is 19.5. The molecule has 0 unspecified atom stereocenters. The number of benzene rings is 1. The highest BCUT2D eigenvalue weighted by Gasteiger charge is 2.66. The second-order valence-corrected chi connectivity index (χ2v) is 8.70. The molecule has 3 aromatic heterocycles. The van der Waals surface area contributed by atoms with Crippen molar-refractivity contribution in [2.45, 2.75) is 44.3 Å². The van der Waals surface area contributed by atoms with Gasteiger partial charge in [-0.05, 0) is 37.0 Å². The molecule has 2 N–H and O–H groups in total. The van der Waals surface area contributed by atoms with Crippen LogP contribution in [0, 0.1) is 5.82 Å². The summed E-state index contributed by atoms with van der Waals surface area (Å²) in [7, 11) is 0. The molecule has 0 atom stereocenters. The fourth-order valence-electron chi connectivity index (χ4n) is 3.84. The number of nitrogens with one attached hydrogen (secondary N) is 2. The van der Waals surface area contributed by atoms with Gasteiger partial charge in [0.2, 0.25) is 11.9 Å². The van der Waals surface area contributed by atoms with Gasteiger partial charge >= 0.3 is 6.18 Å². The van der Waals surface area contributed by atoms with E-state index in [4.69, 9.17) is 4.52 Å². The SMILES string of the molecule is CCn1cnc(Nc2ncc(-c3ccc(CC(=O)Nc4cc(C5(C(F)(F)F)CC5)on4)c(F)c3)cn2)c1. The summed E-state index contributed by atoms with van der Waals surface area (Å²) >= 11 is 0. The number of hydrogen-bond donors (Lipinski definition) is 2. The van der Waals surface area contributed by atoms with Gasteiger partial charge in [-0.1, -0.05) is 17.3 Å². The Morgan fingerprint density at radius 1 is 1.11 bits per heavy atom. The number of amides is 1. The minimum Gasteiger partial charge on any atom is -0.358 e. The van der Waals surface area contributed by atoms with Crippen molar-refractivity contribution in [2.24, 2.45) is 0 Å². The fourth-order valence-corrected chi connectivity index (χ4v) is 3.84. The standard InChI is InChI=1S/C24H21F4N7O2/c1-2-35-12-20(31-13-35)33-22-29-10-16(11-30-22)14-3-4-15(17(25)7-14)8-21(36)32-19-9-18(37-34-19)23(5-6-23)24(26,27)28/h3-4,7,9-13H,2,5-6,8H2,1H3,(H,29,30,33)(H,32,34,36). The van der Waals surface area contributed by atoms with E-state index >= 15 is 0 Å². The van der Waals surface area contributed by atoms with Crippen LogP contribution in [0.2, 0.25) is 0 Å². The van der Waals surface area contributed by atoms with Crippen molar-refractivity contribution in [1.29, 1.82) is 0 Å². The highest BCUT2D eigenvalue weighted by molar-refractivity contribution is 5.91. The highest BCUT2D eigenvalue weighted by Crippen LogP contribution is 2.59. The minimum absolute atomic E-state index is 0.0920. The maximum atomic E-state index is 14.7. The van der Waals surface area contributed by atoms with Gasteiger partial charge in [0.1, 0.15) is 11.2 Å². The lowest BCUT2D eigenvalue weighted by Crippen LogP contribution is -2.28. The first-order valence-corrected chi connectivity index (χ1v) is 11.4. The normalized spacial score (nSPS) is 14.4. The number of nitrogens with zero attached hydrogens (tertiary/aromatic N) is 5. The molecule has 4 aromatic rings. The minimum atomic E-state index is -4.46. The van der Waals surface area contributed by atoms with Crippen LogP contribution in [0.4, 0.5) is 35.1 Å². The number of hydrogen-bond acceptors (Lipinski definition) is 7. The summed E-state index contributed by atoms with van der Waals surface area (Å²) in [6, 6.07) is 5.39. The van der Waals surface area contributed by atoms with Gasteiger partial charge in [-0.3, -0.25) is 4.79 Å². The second kappa shape index (κ2) is 9.30. The monoisotopic (exact) mass is 515 g/mol. The van der Waals surface area contributed by atoms with Crippen molar-refractivity contribution in [2.75, 3.05) is 10.6 Å². The molecule has 1 saturated carbocycles. The number of imidazole rings is 1. The smallest absolute Gasteiger partial charge is 0.358 e. The van der Waals surface area contributed by atoms with E-state index < -0.39 is 23.3 Å².